The summed E-state index contributed by atoms with van der Waals surface area (Å²) in [5.41, 5.74) is -0.423. The van der Waals surface area contributed by atoms with Crippen LogP contribution in [0.2, 0.25) is 0 Å². The van der Waals surface area contributed by atoms with Crippen molar-refractivity contribution in [3.63, 3.8) is 0 Å². The first-order valence-electron chi connectivity index (χ1n) is 8.47. The number of fused-ring (bicyclic) bond motifs is 1. The normalized spacial score (nSPS) is 32.9. The quantitative estimate of drug-likeness (QED) is 0.528. The molecule has 1 N–H and O–H groups in total. The third kappa shape index (κ3) is 4.67. The Morgan fingerprint density at radius 1 is 1.12 bits per heavy atom. The maximum absolute atomic E-state index is 11.6. The van der Waals surface area contributed by atoms with Crippen molar-refractivity contribution in [1.82, 2.24) is 5.32 Å². The minimum Gasteiger partial charge on any atom is -0.463 e. The van der Waals surface area contributed by atoms with Crippen LogP contribution in [0, 0.1) is 0 Å². The van der Waals surface area contributed by atoms with Crippen LogP contribution >= 0.6 is 11.8 Å². The zero-order valence-electron chi connectivity index (χ0n) is 14.8. The second-order valence-corrected chi connectivity index (χ2v) is 7.54. The molecular formula is C16H22N2O7S. The lowest BCUT2D eigenvalue weighted by molar-refractivity contribution is -0.208. The second kappa shape index (κ2) is 7.83. The predicted octanol–water partition coefficient (Wildman–Crippen LogP) is 0.361. The molecular weight excluding hydrogens is 364 g/mol. The first-order valence-corrected chi connectivity index (χ1v) is 9.35. The van der Waals surface area contributed by atoms with Gasteiger partial charge in [0.05, 0.1) is 0 Å². The molecule has 0 radical (unpaired) electrons. The molecule has 1 saturated carbocycles. The molecule has 10 heteroatoms. The number of rotatable bonds is 5. The van der Waals surface area contributed by atoms with Gasteiger partial charge in [0.15, 0.2) is 17.4 Å². The van der Waals surface area contributed by atoms with Crippen LogP contribution in [-0.2, 0) is 33.3 Å². The highest BCUT2D eigenvalue weighted by Gasteiger charge is 2.53. The molecule has 0 amide bonds. The number of nitrogens with zero attached hydrogens (tertiary/aromatic N) is 1. The topological polar surface area (TPSA) is 113 Å². The predicted molar refractivity (Wildman–Crippen MR) is 91.4 cm³/mol. The van der Waals surface area contributed by atoms with E-state index in [2.05, 4.69) is 10.3 Å². The minimum atomic E-state index is -0.915. The van der Waals surface area contributed by atoms with E-state index in [1.807, 2.05) is 0 Å². The molecule has 2 heterocycles. The van der Waals surface area contributed by atoms with E-state index in [9.17, 15) is 14.4 Å². The van der Waals surface area contributed by atoms with E-state index in [1.54, 1.807) is 0 Å². The molecule has 2 unspecified atom stereocenters. The van der Waals surface area contributed by atoms with Crippen molar-refractivity contribution in [2.75, 3.05) is 6.61 Å². The van der Waals surface area contributed by atoms with Crippen LogP contribution in [0.4, 0.5) is 0 Å². The Balaban J connectivity index is 1.81. The molecule has 3 aliphatic rings. The zero-order chi connectivity index (χ0) is 18.8. The van der Waals surface area contributed by atoms with Gasteiger partial charge in [-0.15, -0.1) is 0 Å². The Bertz CT molecular complexity index is 622. The Kier molecular flexibility index (Phi) is 5.71. The number of ether oxygens (including phenoxy) is 4. The van der Waals surface area contributed by atoms with Crippen molar-refractivity contribution < 1.29 is 33.3 Å². The zero-order valence-corrected chi connectivity index (χ0v) is 15.6. The van der Waals surface area contributed by atoms with Crippen molar-refractivity contribution in [1.29, 1.82) is 0 Å². The van der Waals surface area contributed by atoms with E-state index < -0.39 is 47.7 Å². The maximum atomic E-state index is 11.6. The number of esters is 3. The van der Waals surface area contributed by atoms with Crippen LogP contribution in [0.25, 0.3) is 0 Å². The molecule has 9 nitrogen and oxygen atoms in total. The van der Waals surface area contributed by atoms with Crippen LogP contribution in [0.3, 0.4) is 0 Å². The van der Waals surface area contributed by atoms with Gasteiger partial charge in [-0.1, -0.05) is 11.8 Å². The maximum Gasteiger partial charge on any atom is 0.303 e. The molecule has 5 atom stereocenters. The lowest BCUT2D eigenvalue weighted by Crippen LogP contribution is -2.59. The average Bonchev–Trinajstić information content (AvgIpc) is 3.24. The molecule has 0 bridgehead atoms. The molecule has 26 heavy (non-hydrogen) atoms. The number of hydrogen-bond donors (Lipinski definition) is 1. The van der Waals surface area contributed by atoms with Crippen molar-refractivity contribution in [2.24, 2.45) is 4.99 Å². The van der Waals surface area contributed by atoms with Gasteiger partial charge >= 0.3 is 17.9 Å². The van der Waals surface area contributed by atoms with E-state index in [0.29, 0.717) is 6.04 Å². The van der Waals surface area contributed by atoms with Crippen LogP contribution in [0.5, 0.6) is 0 Å². The molecule has 0 aromatic carbocycles. The third-order valence-electron chi connectivity index (χ3n) is 4.07. The fraction of sp³-hybridized carbons (Fsp3) is 0.750. The number of hydrogen-bond acceptors (Lipinski definition) is 10. The monoisotopic (exact) mass is 386 g/mol. The summed E-state index contributed by atoms with van der Waals surface area (Å²) in [5.74, 6) is -1.54. The van der Waals surface area contributed by atoms with Gasteiger partial charge in [0.2, 0.25) is 0 Å². The highest BCUT2D eigenvalue weighted by molar-refractivity contribution is 8.14. The molecule has 2 aliphatic heterocycles. The number of aliphatic imine (C=N–C) groups is 1. The molecule has 0 spiro atoms. The van der Waals surface area contributed by atoms with Gasteiger partial charge in [0.1, 0.15) is 24.2 Å². The first kappa shape index (κ1) is 19.0. The summed E-state index contributed by atoms with van der Waals surface area (Å²) < 4.78 is 21.8. The molecule has 1 aliphatic carbocycles. The molecule has 3 rings (SSSR count). The van der Waals surface area contributed by atoms with Gasteiger partial charge in [-0.3, -0.25) is 19.4 Å². The van der Waals surface area contributed by atoms with E-state index in [1.165, 1.54) is 32.5 Å². The second-order valence-electron chi connectivity index (χ2n) is 6.45. The summed E-state index contributed by atoms with van der Waals surface area (Å²) in [6.07, 6.45) is -0.303. The van der Waals surface area contributed by atoms with E-state index in [-0.39, 0.29) is 6.61 Å². The van der Waals surface area contributed by atoms with Crippen molar-refractivity contribution in [2.45, 2.75) is 69.4 Å². The van der Waals surface area contributed by atoms with Crippen LogP contribution in [-0.4, -0.2) is 65.5 Å². The summed E-state index contributed by atoms with van der Waals surface area (Å²) in [6.45, 7) is 3.71. The number of amidine groups is 1. The van der Waals surface area contributed by atoms with Crippen LogP contribution < -0.4 is 5.32 Å². The Morgan fingerprint density at radius 3 is 2.35 bits per heavy atom. The van der Waals surface area contributed by atoms with E-state index in [0.717, 1.165) is 18.0 Å². The highest BCUT2D eigenvalue weighted by atomic mass is 32.2. The van der Waals surface area contributed by atoms with Crippen LogP contribution in [0.15, 0.2) is 4.99 Å². The average molecular weight is 386 g/mol. The SMILES string of the molecule is CC(=O)OC[C@H]1OC2SC(NC3CC3)=NC2[C@@H](OC(C)=O)[C@@H]1OC(C)=O. The van der Waals surface area contributed by atoms with Gasteiger partial charge in [-0.05, 0) is 12.8 Å². The molecule has 0 aromatic heterocycles. The van der Waals surface area contributed by atoms with Crippen molar-refractivity contribution in [3.05, 3.63) is 0 Å². The number of carbonyl (C=O) groups is 3. The highest BCUT2D eigenvalue weighted by Crippen LogP contribution is 2.39. The summed E-state index contributed by atoms with van der Waals surface area (Å²) in [6, 6.07) is -0.0993. The number of thioether (sulfide) groups is 1. The van der Waals surface area contributed by atoms with Crippen LogP contribution in [0.1, 0.15) is 33.6 Å². The standard InChI is InChI=1S/C16H22N2O7S/c1-7(19)22-6-11-13(23-8(2)20)14(24-9(3)21)12-15(25-11)26-16(18-12)17-10-4-5-10/h10-15H,4-6H2,1-3H3,(H,17,18)/t11-,12?,13-,14-,15?/m1/s1. The van der Waals surface area contributed by atoms with E-state index in [4.69, 9.17) is 18.9 Å². The minimum absolute atomic E-state index is 0.111. The van der Waals surface area contributed by atoms with E-state index >= 15 is 0 Å². The Morgan fingerprint density at radius 2 is 1.77 bits per heavy atom. The summed E-state index contributed by atoms with van der Waals surface area (Å²) in [7, 11) is 0. The fourth-order valence-electron chi connectivity index (χ4n) is 2.87. The number of carbonyl (C=O) groups excluding carboxylic acids is 3. The Labute approximate surface area is 155 Å². The van der Waals surface area contributed by atoms with Gasteiger partial charge in [-0.25, -0.2) is 0 Å². The van der Waals surface area contributed by atoms with Crippen molar-refractivity contribution >= 4 is 34.8 Å². The largest absolute Gasteiger partial charge is 0.463 e. The van der Waals surface area contributed by atoms with Gasteiger partial charge < -0.3 is 24.3 Å². The summed E-state index contributed by atoms with van der Waals surface area (Å²) in [4.78, 5) is 38.9. The van der Waals surface area contributed by atoms with Gasteiger partial charge in [0, 0.05) is 26.8 Å². The molecule has 2 fully saturated rings. The third-order valence-corrected chi connectivity index (χ3v) is 5.14. The molecule has 144 valence electrons. The lowest BCUT2D eigenvalue weighted by atomic mass is 9.98. The fourth-order valence-corrected chi connectivity index (χ4v) is 4.06. The summed E-state index contributed by atoms with van der Waals surface area (Å²) >= 11 is 1.40. The molecule has 1 saturated heterocycles. The van der Waals surface area contributed by atoms with Gasteiger partial charge in [-0.2, -0.15) is 0 Å². The van der Waals surface area contributed by atoms with Crippen molar-refractivity contribution in [3.8, 4) is 0 Å². The molecule has 0 aromatic rings. The van der Waals surface area contributed by atoms with Gasteiger partial charge in [0.25, 0.3) is 0 Å². The summed E-state index contributed by atoms with van der Waals surface area (Å²) in [5, 5.41) is 4.02. The smallest absolute Gasteiger partial charge is 0.303 e. The Hall–Kier alpha value is -1.81. The number of nitrogens with one attached hydrogen (secondary N) is 1. The first-order chi connectivity index (χ1) is 12.3. The lowest BCUT2D eigenvalue weighted by Gasteiger charge is -2.41.